The van der Waals surface area contributed by atoms with Gasteiger partial charge in [0.05, 0.1) is 24.4 Å². The van der Waals surface area contributed by atoms with Gasteiger partial charge in [-0.3, -0.25) is 0 Å². The number of nitrogens with zero attached hydrogens (tertiary/aromatic N) is 2. The lowest BCUT2D eigenvalue weighted by atomic mass is 10.2. The summed E-state index contributed by atoms with van der Waals surface area (Å²) in [7, 11) is 0. The summed E-state index contributed by atoms with van der Waals surface area (Å²) in [4.78, 5) is 6.99. The van der Waals surface area contributed by atoms with E-state index in [1.54, 1.807) is 11.3 Å². The van der Waals surface area contributed by atoms with E-state index in [9.17, 15) is 0 Å². The standard InChI is InChI=1S/C10H13ClN2OS/c11-2-1-7-6-15-10(12-7)13-4-9-3-8(13)5-14-9/h6,8-9H,1-5H2. The molecule has 0 N–H and O–H groups in total. The highest BCUT2D eigenvalue weighted by molar-refractivity contribution is 7.13. The zero-order chi connectivity index (χ0) is 10.3. The molecular weight excluding hydrogens is 232 g/mol. The summed E-state index contributed by atoms with van der Waals surface area (Å²) >= 11 is 7.43. The molecule has 2 saturated heterocycles. The maximum Gasteiger partial charge on any atom is 0.185 e. The Morgan fingerprint density at radius 1 is 1.67 bits per heavy atom. The molecule has 0 amide bonds. The van der Waals surface area contributed by atoms with Crippen LogP contribution in [0.3, 0.4) is 0 Å². The molecule has 0 aliphatic carbocycles. The molecule has 0 radical (unpaired) electrons. The fourth-order valence-corrected chi connectivity index (χ4v) is 3.41. The van der Waals surface area contributed by atoms with Gasteiger partial charge < -0.3 is 9.64 Å². The number of ether oxygens (including phenoxy) is 1. The van der Waals surface area contributed by atoms with Crippen LogP contribution >= 0.6 is 22.9 Å². The minimum atomic E-state index is 0.440. The average Bonchev–Trinajstić information content (AvgIpc) is 2.91. The highest BCUT2D eigenvalue weighted by atomic mass is 35.5. The van der Waals surface area contributed by atoms with Crippen LogP contribution in [0.2, 0.25) is 0 Å². The van der Waals surface area contributed by atoms with Gasteiger partial charge in [0.1, 0.15) is 0 Å². The number of halogens is 1. The SMILES string of the molecule is ClCCc1csc(N2CC3CC2CO3)n1. The number of aromatic nitrogens is 1. The smallest absolute Gasteiger partial charge is 0.185 e. The van der Waals surface area contributed by atoms with Crippen LogP contribution in [0.4, 0.5) is 5.13 Å². The molecule has 3 rings (SSSR count). The second-order valence-corrected chi connectivity index (χ2v) is 5.27. The molecule has 3 nitrogen and oxygen atoms in total. The van der Waals surface area contributed by atoms with Crippen LogP contribution in [0.25, 0.3) is 0 Å². The van der Waals surface area contributed by atoms with Gasteiger partial charge in [0.25, 0.3) is 0 Å². The lowest BCUT2D eigenvalue weighted by molar-refractivity contribution is 0.0991. The first-order valence-electron chi connectivity index (χ1n) is 5.25. The minimum Gasteiger partial charge on any atom is -0.374 e. The molecule has 1 aromatic rings. The summed E-state index contributed by atoms with van der Waals surface area (Å²) in [5.74, 6) is 0.651. The van der Waals surface area contributed by atoms with Crippen molar-refractivity contribution in [1.29, 1.82) is 0 Å². The predicted octanol–water partition coefficient (Wildman–Crippen LogP) is 1.90. The second kappa shape index (κ2) is 3.92. The first-order valence-corrected chi connectivity index (χ1v) is 6.67. The summed E-state index contributed by atoms with van der Waals surface area (Å²) < 4.78 is 5.57. The molecule has 2 atom stereocenters. The maximum atomic E-state index is 5.70. The number of anilines is 1. The predicted molar refractivity (Wildman–Crippen MR) is 62.0 cm³/mol. The summed E-state index contributed by atoms with van der Waals surface area (Å²) in [5.41, 5.74) is 1.12. The Kier molecular flexibility index (Phi) is 2.58. The molecule has 82 valence electrons. The van der Waals surface area contributed by atoms with E-state index < -0.39 is 0 Å². The Morgan fingerprint density at radius 2 is 2.60 bits per heavy atom. The van der Waals surface area contributed by atoms with Crippen LogP contribution in [0, 0.1) is 0 Å². The number of aryl methyl sites for hydroxylation is 1. The second-order valence-electron chi connectivity index (χ2n) is 4.06. The summed E-state index contributed by atoms with van der Waals surface area (Å²) in [5, 5.41) is 3.26. The first kappa shape index (κ1) is 9.87. The van der Waals surface area contributed by atoms with E-state index >= 15 is 0 Å². The lowest BCUT2D eigenvalue weighted by Gasteiger charge is -2.26. The third-order valence-electron chi connectivity index (χ3n) is 3.04. The molecule has 0 aromatic carbocycles. The van der Waals surface area contributed by atoms with Crippen LogP contribution in [0.15, 0.2) is 5.38 Å². The third kappa shape index (κ3) is 1.75. The fourth-order valence-electron chi connectivity index (χ4n) is 2.27. The largest absolute Gasteiger partial charge is 0.374 e. The number of fused-ring (bicyclic) bond motifs is 2. The van der Waals surface area contributed by atoms with Crippen molar-refractivity contribution in [2.75, 3.05) is 23.9 Å². The van der Waals surface area contributed by atoms with E-state index in [1.807, 2.05) is 0 Å². The molecule has 2 bridgehead atoms. The van der Waals surface area contributed by atoms with Crippen molar-refractivity contribution in [3.05, 3.63) is 11.1 Å². The number of hydrogen-bond acceptors (Lipinski definition) is 4. The Balaban J connectivity index is 1.75. The van der Waals surface area contributed by atoms with E-state index in [0.717, 1.165) is 30.4 Å². The molecule has 3 heterocycles. The van der Waals surface area contributed by atoms with Gasteiger partial charge in [-0.25, -0.2) is 4.98 Å². The molecule has 0 saturated carbocycles. The van der Waals surface area contributed by atoms with Gasteiger partial charge in [0.2, 0.25) is 0 Å². The minimum absolute atomic E-state index is 0.440. The van der Waals surface area contributed by atoms with Crippen LogP contribution in [-0.4, -0.2) is 36.2 Å². The molecule has 2 aliphatic heterocycles. The van der Waals surface area contributed by atoms with Gasteiger partial charge in [0, 0.05) is 24.2 Å². The van der Waals surface area contributed by atoms with Crippen molar-refractivity contribution >= 4 is 28.1 Å². The molecule has 0 spiro atoms. The molecule has 15 heavy (non-hydrogen) atoms. The Labute approximate surface area is 98.0 Å². The normalized spacial score (nSPS) is 29.0. The molecule has 2 unspecified atom stereocenters. The molecule has 2 aliphatic rings. The van der Waals surface area contributed by atoms with Crippen molar-refractivity contribution in [1.82, 2.24) is 4.98 Å². The fraction of sp³-hybridized carbons (Fsp3) is 0.700. The number of morpholine rings is 1. The molecule has 2 fully saturated rings. The Hall–Kier alpha value is -0.320. The van der Waals surface area contributed by atoms with Crippen molar-refractivity contribution in [3.63, 3.8) is 0 Å². The van der Waals surface area contributed by atoms with Crippen molar-refractivity contribution in [2.24, 2.45) is 0 Å². The van der Waals surface area contributed by atoms with Gasteiger partial charge in [0.15, 0.2) is 5.13 Å². The van der Waals surface area contributed by atoms with Gasteiger partial charge in [-0.15, -0.1) is 22.9 Å². The highest BCUT2D eigenvalue weighted by Gasteiger charge is 2.40. The quantitative estimate of drug-likeness (QED) is 0.760. The number of thiazole rings is 1. The topological polar surface area (TPSA) is 25.4 Å². The molecule has 5 heteroatoms. The summed E-state index contributed by atoms with van der Waals surface area (Å²) in [6.07, 6.45) is 2.48. The van der Waals surface area contributed by atoms with E-state index in [-0.39, 0.29) is 0 Å². The first-order chi connectivity index (χ1) is 7.36. The zero-order valence-corrected chi connectivity index (χ0v) is 9.93. The van der Waals surface area contributed by atoms with Gasteiger partial charge in [-0.1, -0.05) is 0 Å². The number of hydrogen-bond donors (Lipinski definition) is 0. The van der Waals surface area contributed by atoms with Gasteiger partial charge >= 0.3 is 0 Å². The Morgan fingerprint density at radius 3 is 3.27 bits per heavy atom. The molecular formula is C10H13ClN2OS. The highest BCUT2D eigenvalue weighted by Crippen LogP contribution is 2.34. The van der Waals surface area contributed by atoms with Crippen LogP contribution < -0.4 is 4.90 Å². The van der Waals surface area contributed by atoms with Crippen LogP contribution in [0.1, 0.15) is 12.1 Å². The summed E-state index contributed by atoms with van der Waals surface area (Å²) in [6.45, 7) is 1.88. The van der Waals surface area contributed by atoms with Gasteiger partial charge in [-0.2, -0.15) is 0 Å². The van der Waals surface area contributed by atoms with E-state index in [0.29, 0.717) is 18.0 Å². The van der Waals surface area contributed by atoms with Crippen LogP contribution in [-0.2, 0) is 11.2 Å². The number of rotatable bonds is 3. The van der Waals surface area contributed by atoms with Crippen molar-refractivity contribution in [2.45, 2.75) is 25.0 Å². The maximum absolute atomic E-state index is 5.70. The molecule has 1 aromatic heterocycles. The van der Waals surface area contributed by atoms with E-state index in [1.165, 1.54) is 6.42 Å². The van der Waals surface area contributed by atoms with E-state index in [4.69, 9.17) is 16.3 Å². The monoisotopic (exact) mass is 244 g/mol. The average molecular weight is 245 g/mol. The van der Waals surface area contributed by atoms with Crippen molar-refractivity contribution in [3.8, 4) is 0 Å². The zero-order valence-electron chi connectivity index (χ0n) is 8.36. The van der Waals surface area contributed by atoms with E-state index in [2.05, 4.69) is 15.3 Å². The number of alkyl halides is 1. The lowest BCUT2D eigenvalue weighted by Crippen LogP contribution is -2.36. The Bertz CT molecular complexity index is 357. The van der Waals surface area contributed by atoms with Crippen molar-refractivity contribution < 1.29 is 4.74 Å². The summed E-state index contributed by atoms with van der Waals surface area (Å²) in [6, 6.07) is 0.560. The third-order valence-corrected chi connectivity index (χ3v) is 4.15. The van der Waals surface area contributed by atoms with Gasteiger partial charge in [-0.05, 0) is 6.42 Å². The van der Waals surface area contributed by atoms with Crippen LogP contribution in [0.5, 0.6) is 0 Å².